The SMILES string of the molecule is COc1c(OC[C@H](O)CN2CCCC2)ccc2c3n(c(=NC(=O)c4scnc4C)nc12)CCN3. The van der Waals surface area contributed by atoms with E-state index in [-0.39, 0.29) is 12.5 Å². The van der Waals surface area contributed by atoms with E-state index < -0.39 is 6.10 Å². The number of benzene rings is 1. The smallest absolute Gasteiger partial charge is 0.292 e. The molecule has 0 aliphatic carbocycles. The highest BCUT2D eigenvalue weighted by molar-refractivity contribution is 7.11. The maximum atomic E-state index is 12.8. The normalized spacial score (nSPS) is 17.1. The van der Waals surface area contributed by atoms with Crippen LogP contribution >= 0.6 is 11.3 Å². The summed E-state index contributed by atoms with van der Waals surface area (Å²) in [5, 5.41) is 14.6. The van der Waals surface area contributed by atoms with Crippen molar-refractivity contribution in [3.05, 3.63) is 33.8 Å². The number of amides is 1. The number of anilines is 1. The van der Waals surface area contributed by atoms with E-state index in [2.05, 4.69) is 20.2 Å². The van der Waals surface area contributed by atoms with Gasteiger partial charge in [-0.2, -0.15) is 4.99 Å². The summed E-state index contributed by atoms with van der Waals surface area (Å²) in [4.78, 5) is 28.7. The lowest BCUT2D eigenvalue weighted by molar-refractivity contribution is 0.0748. The first-order valence-corrected chi connectivity index (χ1v) is 12.3. The number of aryl methyl sites for hydroxylation is 1. The van der Waals surface area contributed by atoms with Crippen LogP contribution in [0.1, 0.15) is 28.2 Å². The Morgan fingerprint density at radius 1 is 1.32 bits per heavy atom. The van der Waals surface area contributed by atoms with Gasteiger partial charge < -0.3 is 24.8 Å². The number of fused-ring (bicyclic) bond motifs is 3. The van der Waals surface area contributed by atoms with Crippen LogP contribution < -0.4 is 20.4 Å². The number of hydrogen-bond donors (Lipinski definition) is 2. The van der Waals surface area contributed by atoms with Crippen molar-refractivity contribution < 1.29 is 19.4 Å². The van der Waals surface area contributed by atoms with E-state index in [9.17, 15) is 9.90 Å². The number of nitrogens with zero attached hydrogens (tertiary/aromatic N) is 5. The van der Waals surface area contributed by atoms with Crippen LogP contribution in [0.4, 0.5) is 5.82 Å². The third-order valence-electron chi connectivity index (χ3n) is 6.15. The molecule has 2 N–H and O–H groups in total. The molecule has 1 saturated heterocycles. The maximum absolute atomic E-state index is 12.8. The summed E-state index contributed by atoms with van der Waals surface area (Å²) in [7, 11) is 1.56. The molecule has 5 rings (SSSR count). The van der Waals surface area contributed by atoms with Crippen LogP contribution in [0, 0.1) is 6.92 Å². The van der Waals surface area contributed by atoms with Crippen molar-refractivity contribution >= 4 is 34.0 Å². The van der Waals surface area contributed by atoms with Crippen molar-refractivity contribution in [1.29, 1.82) is 0 Å². The van der Waals surface area contributed by atoms with Crippen LogP contribution in [0.25, 0.3) is 10.9 Å². The molecule has 180 valence electrons. The van der Waals surface area contributed by atoms with E-state index >= 15 is 0 Å². The lowest BCUT2D eigenvalue weighted by atomic mass is 10.2. The van der Waals surface area contributed by atoms with E-state index in [0.717, 1.165) is 24.3 Å². The summed E-state index contributed by atoms with van der Waals surface area (Å²) < 4.78 is 13.5. The molecule has 0 spiro atoms. The molecule has 2 aliphatic rings. The Labute approximate surface area is 200 Å². The van der Waals surface area contributed by atoms with E-state index in [4.69, 9.17) is 14.5 Å². The highest BCUT2D eigenvalue weighted by Gasteiger charge is 2.22. The zero-order valence-corrected chi connectivity index (χ0v) is 20.1. The van der Waals surface area contributed by atoms with E-state index in [1.165, 1.54) is 24.2 Å². The number of methoxy groups -OCH3 is 1. The van der Waals surface area contributed by atoms with Crippen molar-refractivity contribution in [3.63, 3.8) is 0 Å². The Morgan fingerprint density at radius 2 is 2.15 bits per heavy atom. The molecule has 0 unspecified atom stereocenters. The lowest BCUT2D eigenvalue weighted by Gasteiger charge is -2.20. The van der Waals surface area contributed by atoms with Gasteiger partial charge in [0.05, 0.1) is 18.3 Å². The molecule has 1 aromatic carbocycles. The second-order valence-corrected chi connectivity index (χ2v) is 9.34. The molecule has 10 nitrogen and oxygen atoms in total. The number of aliphatic hydroxyl groups is 1. The minimum absolute atomic E-state index is 0.149. The number of aromatic nitrogens is 3. The van der Waals surface area contributed by atoms with Crippen LogP contribution in [0.15, 0.2) is 22.6 Å². The number of β-amino-alcohol motifs (C(OH)–C–C–N with tert-alkyl or cyclic N) is 1. The second-order valence-electron chi connectivity index (χ2n) is 8.49. The fourth-order valence-corrected chi connectivity index (χ4v) is 5.18. The molecule has 11 heteroatoms. The number of hydrogen-bond acceptors (Lipinski definition) is 9. The zero-order valence-electron chi connectivity index (χ0n) is 19.3. The summed E-state index contributed by atoms with van der Waals surface area (Å²) in [5.74, 6) is 1.39. The van der Waals surface area contributed by atoms with E-state index in [1.54, 1.807) is 19.5 Å². The van der Waals surface area contributed by atoms with Gasteiger partial charge in [0, 0.05) is 25.0 Å². The number of carbonyl (C=O) groups excluding carboxylic acids is 1. The first-order chi connectivity index (χ1) is 16.5. The van der Waals surface area contributed by atoms with Crippen molar-refractivity contribution in [2.75, 3.05) is 45.2 Å². The number of aliphatic hydroxyl groups excluding tert-OH is 1. The average Bonchev–Trinajstić information content (AvgIpc) is 3.59. The van der Waals surface area contributed by atoms with E-state index in [1.807, 2.05) is 16.7 Å². The summed E-state index contributed by atoms with van der Waals surface area (Å²) in [5.41, 5.74) is 3.13. The number of carbonyl (C=O) groups is 1. The number of ether oxygens (including phenoxy) is 2. The molecular formula is C23H28N6O4S. The van der Waals surface area contributed by atoms with Crippen molar-refractivity contribution in [1.82, 2.24) is 19.4 Å². The van der Waals surface area contributed by atoms with Crippen LogP contribution in [-0.2, 0) is 6.54 Å². The Morgan fingerprint density at radius 3 is 2.88 bits per heavy atom. The van der Waals surface area contributed by atoms with Gasteiger partial charge in [-0.1, -0.05) is 0 Å². The minimum atomic E-state index is -0.602. The number of rotatable bonds is 7. The molecule has 1 amide bonds. The molecule has 1 fully saturated rings. The van der Waals surface area contributed by atoms with Gasteiger partial charge in [0.25, 0.3) is 5.91 Å². The summed E-state index contributed by atoms with van der Waals surface area (Å²) in [6.07, 6.45) is 1.74. The molecule has 34 heavy (non-hydrogen) atoms. The van der Waals surface area contributed by atoms with Crippen molar-refractivity contribution in [2.24, 2.45) is 4.99 Å². The Bertz CT molecular complexity index is 1280. The first-order valence-electron chi connectivity index (χ1n) is 11.4. The number of nitrogens with one attached hydrogen (secondary N) is 1. The monoisotopic (exact) mass is 484 g/mol. The molecule has 1 atom stereocenters. The maximum Gasteiger partial charge on any atom is 0.292 e. The Kier molecular flexibility index (Phi) is 6.48. The van der Waals surface area contributed by atoms with Crippen LogP contribution in [0.3, 0.4) is 0 Å². The largest absolute Gasteiger partial charge is 0.491 e. The second kappa shape index (κ2) is 9.69. The van der Waals surface area contributed by atoms with Gasteiger partial charge in [-0.15, -0.1) is 11.3 Å². The van der Waals surface area contributed by atoms with Crippen LogP contribution in [0.5, 0.6) is 11.5 Å². The quantitative estimate of drug-likeness (QED) is 0.522. The number of thiazole rings is 1. The van der Waals surface area contributed by atoms with Gasteiger partial charge in [0.2, 0.25) is 5.62 Å². The van der Waals surface area contributed by atoms with Crippen LogP contribution in [0.2, 0.25) is 0 Å². The lowest BCUT2D eigenvalue weighted by Crippen LogP contribution is -2.33. The topological polar surface area (TPSA) is 114 Å². The van der Waals surface area contributed by atoms with Gasteiger partial charge in [0.15, 0.2) is 11.5 Å². The molecule has 0 radical (unpaired) electrons. The molecular weight excluding hydrogens is 456 g/mol. The van der Waals surface area contributed by atoms with Gasteiger partial charge in [-0.05, 0) is 45.0 Å². The molecule has 4 heterocycles. The number of likely N-dealkylation sites (tertiary alicyclic amines) is 1. The van der Waals surface area contributed by atoms with Crippen LogP contribution in [-0.4, -0.2) is 76.4 Å². The standard InChI is InChI=1S/C23H28N6O4S/c1-14-20(34-13-25-14)22(31)27-23-26-18-16(21-24-7-10-29(21)23)5-6-17(19(18)32-2)33-12-15(30)11-28-8-3-4-9-28/h5-6,13,15,24,30H,3-4,7-12H2,1-2H3/t15-/m1/s1. The molecule has 0 bridgehead atoms. The van der Waals surface area contributed by atoms with Gasteiger partial charge in [-0.25, -0.2) is 9.97 Å². The Hall–Kier alpha value is -3.02. The highest BCUT2D eigenvalue weighted by Crippen LogP contribution is 2.37. The molecule has 2 aliphatic heterocycles. The van der Waals surface area contributed by atoms with Gasteiger partial charge in [-0.3, -0.25) is 9.36 Å². The summed E-state index contributed by atoms with van der Waals surface area (Å²) >= 11 is 1.27. The van der Waals surface area contributed by atoms with E-state index in [0.29, 0.717) is 52.8 Å². The highest BCUT2D eigenvalue weighted by atomic mass is 32.1. The predicted octanol–water partition coefficient (Wildman–Crippen LogP) is 1.81. The summed E-state index contributed by atoms with van der Waals surface area (Å²) in [6, 6.07) is 3.74. The Balaban J connectivity index is 1.49. The third-order valence-corrected chi connectivity index (χ3v) is 7.06. The summed E-state index contributed by atoms with van der Waals surface area (Å²) in [6.45, 7) is 5.91. The van der Waals surface area contributed by atoms with Crippen molar-refractivity contribution in [3.8, 4) is 11.5 Å². The van der Waals surface area contributed by atoms with Crippen molar-refractivity contribution in [2.45, 2.75) is 32.4 Å². The molecule has 0 saturated carbocycles. The fourth-order valence-electron chi connectivity index (χ4n) is 4.50. The first kappa shape index (κ1) is 22.8. The predicted molar refractivity (Wildman–Crippen MR) is 129 cm³/mol. The minimum Gasteiger partial charge on any atom is -0.491 e. The average molecular weight is 485 g/mol. The van der Waals surface area contributed by atoms with Gasteiger partial charge in [0.1, 0.15) is 28.9 Å². The molecule has 2 aromatic heterocycles. The molecule has 3 aromatic rings. The third kappa shape index (κ3) is 4.38. The zero-order chi connectivity index (χ0) is 23.7. The van der Waals surface area contributed by atoms with Gasteiger partial charge >= 0.3 is 0 Å². The fraction of sp³-hybridized carbons (Fsp3) is 0.478.